The first-order chi connectivity index (χ1) is 41.0. The summed E-state index contributed by atoms with van der Waals surface area (Å²) in [5.41, 5.74) is 0. The fourth-order valence-electron chi connectivity index (χ4n) is 10.2. The van der Waals surface area contributed by atoms with E-state index in [-0.39, 0.29) is 31.1 Å². The van der Waals surface area contributed by atoms with Crippen LogP contribution in [-0.2, 0) is 28.6 Å². The lowest BCUT2D eigenvalue weighted by molar-refractivity contribution is -0.167. The Bertz CT molecular complexity index is 1610. The molecule has 0 spiro atoms. The van der Waals surface area contributed by atoms with Gasteiger partial charge in [0.05, 0.1) is 0 Å². The molecule has 0 saturated heterocycles. The maximum absolute atomic E-state index is 13.0. The largest absolute Gasteiger partial charge is 0.462 e. The highest BCUT2D eigenvalue weighted by molar-refractivity contribution is 5.71. The first-order valence-electron chi connectivity index (χ1n) is 35.7. The van der Waals surface area contributed by atoms with Crippen molar-refractivity contribution in [1.82, 2.24) is 0 Å². The number of carbonyl (C=O) groups excluding carboxylic acids is 3. The van der Waals surface area contributed by atoms with E-state index in [4.69, 9.17) is 14.2 Å². The molecule has 1 atom stereocenters. The number of hydrogen-bond donors (Lipinski definition) is 0. The van der Waals surface area contributed by atoms with E-state index in [2.05, 4.69) is 118 Å². The second-order valence-electron chi connectivity index (χ2n) is 23.8. The van der Waals surface area contributed by atoms with Crippen LogP contribution in [0.5, 0.6) is 0 Å². The molecule has 0 radical (unpaired) electrons. The predicted octanol–water partition coefficient (Wildman–Crippen LogP) is 24.8. The third kappa shape index (κ3) is 69.0. The summed E-state index contributed by atoms with van der Waals surface area (Å²) in [5.74, 6) is -0.866. The molecule has 0 amide bonds. The highest BCUT2D eigenvalue weighted by atomic mass is 16.6. The summed E-state index contributed by atoms with van der Waals surface area (Å²) in [7, 11) is 0. The van der Waals surface area contributed by atoms with E-state index in [0.717, 1.165) is 103 Å². The number of carbonyl (C=O) groups is 3. The molecule has 0 bridgehead atoms. The molecular weight excluding hydrogens is 1020 g/mol. The van der Waals surface area contributed by atoms with E-state index in [9.17, 15) is 14.4 Å². The molecule has 478 valence electrons. The van der Waals surface area contributed by atoms with Crippen molar-refractivity contribution in [3.05, 3.63) is 97.2 Å². The van der Waals surface area contributed by atoms with Crippen LogP contribution in [0, 0.1) is 0 Å². The van der Waals surface area contributed by atoms with Crippen molar-refractivity contribution in [3.8, 4) is 0 Å². The fraction of sp³-hybridized carbons (Fsp3) is 0.753. The Labute approximate surface area is 515 Å². The fourth-order valence-corrected chi connectivity index (χ4v) is 10.2. The lowest BCUT2D eigenvalue weighted by Crippen LogP contribution is -2.30. The van der Waals surface area contributed by atoms with Crippen molar-refractivity contribution < 1.29 is 28.6 Å². The first kappa shape index (κ1) is 79.3. The molecule has 6 nitrogen and oxygen atoms in total. The zero-order valence-corrected chi connectivity index (χ0v) is 54.9. The maximum Gasteiger partial charge on any atom is 0.306 e. The highest BCUT2D eigenvalue weighted by Crippen LogP contribution is 2.17. The Morgan fingerprint density at radius 3 is 0.759 bits per heavy atom. The van der Waals surface area contributed by atoms with Gasteiger partial charge in [0, 0.05) is 19.3 Å². The van der Waals surface area contributed by atoms with Crippen molar-refractivity contribution >= 4 is 17.9 Å². The Hall–Kier alpha value is -3.67. The van der Waals surface area contributed by atoms with E-state index in [1.807, 2.05) is 0 Å². The standard InChI is InChI=1S/C77H134O6/c1-4-7-10-13-16-19-22-25-28-31-33-34-35-36-37-38-39-40-41-42-44-46-49-52-55-58-61-64-67-70-76(79)82-73-74(72-81-75(78)69-66-63-60-57-54-51-48-45-30-27-24-21-18-15-12-9-6-3)83-77(80)71-68-65-62-59-56-53-50-47-43-32-29-26-23-20-17-14-11-8-5-2/h7,10,16-17,19-20,25-26,28-29,33-34,36-37,39-40,74H,4-6,8-9,11-15,18,21-24,27,30-32,35,38,41-73H2,1-3H3/b10-7-,19-16-,20-17-,28-25-,29-26-,34-33-,37-36-,40-39-. The minimum atomic E-state index is -0.782. The van der Waals surface area contributed by atoms with Gasteiger partial charge in [-0.15, -0.1) is 0 Å². The average Bonchev–Trinajstić information content (AvgIpc) is 3.49. The topological polar surface area (TPSA) is 78.9 Å². The minimum Gasteiger partial charge on any atom is -0.462 e. The lowest BCUT2D eigenvalue weighted by Gasteiger charge is -2.18. The van der Waals surface area contributed by atoms with Crippen LogP contribution < -0.4 is 0 Å². The van der Waals surface area contributed by atoms with Gasteiger partial charge in [0.25, 0.3) is 0 Å². The van der Waals surface area contributed by atoms with Crippen LogP contribution in [0.3, 0.4) is 0 Å². The van der Waals surface area contributed by atoms with Crippen molar-refractivity contribution in [2.24, 2.45) is 0 Å². The number of ether oxygens (including phenoxy) is 3. The second kappa shape index (κ2) is 70.8. The molecule has 0 N–H and O–H groups in total. The Morgan fingerprint density at radius 2 is 0.470 bits per heavy atom. The van der Waals surface area contributed by atoms with Crippen molar-refractivity contribution in [3.63, 3.8) is 0 Å². The molecule has 0 aliphatic heterocycles. The Morgan fingerprint density at radius 1 is 0.253 bits per heavy atom. The molecule has 0 aliphatic rings. The van der Waals surface area contributed by atoms with Gasteiger partial charge >= 0.3 is 17.9 Å². The van der Waals surface area contributed by atoms with Crippen molar-refractivity contribution in [2.75, 3.05) is 13.2 Å². The lowest BCUT2D eigenvalue weighted by atomic mass is 10.0. The molecule has 1 unspecified atom stereocenters. The second-order valence-corrected chi connectivity index (χ2v) is 23.8. The van der Waals surface area contributed by atoms with Crippen LogP contribution in [0.1, 0.15) is 355 Å². The van der Waals surface area contributed by atoms with Gasteiger partial charge in [0.15, 0.2) is 6.10 Å². The van der Waals surface area contributed by atoms with Crippen LogP contribution in [0.4, 0.5) is 0 Å². The molecule has 0 fully saturated rings. The van der Waals surface area contributed by atoms with Crippen molar-refractivity contribution in [2.45, 2.75) is 361 Å². The number of unbranched alkanes of at least 4 members (excludes halogenated alkanes) is 38. The van der Waals surface area contributed by atoms with Gasteiger partial charge in [-0.05, 0) is 103 Å². The summed E-state index contributed by atoms with van der Waals surface area (Å²) in [5, 5.41) is 0. The third-order valence-electron chi connectivity index (χ3n) is 15.6. The summed E-state index contributed by atoms with van der Waals surface area (Å²) in [6.45, 7) is 6.55. The number of hydrogen-bond acceptors (Lipinski definition) is 6. The van der Waals surface area contributed by atoms with Gasteiger partial charge in [0.1, 0.15) is 13.2 Å². The van der Waals surface area contributed by atoms with Crippen LogP contribution in [-0.4, -0.2) is 37.2 Å². The van der Waals surface area contributed by atoms with E-state index in [1.54, 1.807) is 0 Å². The number of esters is 3. The van der Waals surface area contributed by atoms with Gasteiger partial charge in [-0.2, -0.15) is 0 Å². The molecule has 0 aromatic heterocycles. The van der Waals surface area contributed by atoms with Crippen LogP contribution in [0.25, 0.3) is 0 Å². The molecule has 0 heterocycles. The minimum absolute atomic E-state index is 0.0763. The molecule has 83 heavy (non-hydrogen) atoms. The monoisotopic (exact) mass is 1160 g/mol. The van der Waals surface area contributed by atoms with Gasteiger partial charge in [-0.3, -0.25) is 14.4 Å². The summed E-state index contributed by atoms with van der Waals surface area (Å²) < 4.78 is 17.0. The van der Waals surface area contributed by atoms with E-state index < -0.39 is 6.10 Å². The predicted molar refractivity (Wildman–Crippen MR) is 362 cm³/mol. The van der Waals surface area contributed by atoms with E-state index in [0.29, 0.717) is 19.3 Å². The SMILES string of the molecule is CC/C=C\C/C=C\C/C=C\C/C=C\C/C=C\C/C=C\CCCCCCCCCCCCC(=O)OCC(COC(=O)CCCCCCCCCCCCCCCCCCC)OC(=O)CCCCCCCCCCC/C=C\C/C=C\CCCCC. The Kier molecular flexibility index (Phi) is 67.7. The number of allylic oxidation sites excluding steroid dienone is 16. The molecule has 0 aromatic carbocycles. The number of rotatable bonds is 65. The van der Waals surface area contributed by atoms with Gasteiger partial charge < -0.3 is 14.2 Å². The maximum atomic E-state index is 13.0. The third-order valence-corrected chi connectivity index (χ3v) is 15.6. The van der Waals surface area contributed by atoms with Gasteiger partial charge in [0.2, 0.25) is 0 Å². The van der Waals surface area contributed by atoms with Gasteiger partial charge in [-0.1, -0.05) is 330 Å². The van der Waals surface area contributed by atoms with Crippen LogP contribution in [0.2, 0.25) is 0 Å². The average molecular weight is 1160 g/mol. The van der Waals surface area contributed by atoms with Crippen LogP contribution >= 0.6 is 0 Å². The summed E-state index contributed by atoms with van der Waals surface area (Å²) in [6.07, 6.45) is 95.6. The van der Waals surface area contributed by atoms with E-state index in [1.165, 1.54) is 212 Å². The van der Waals surface area contributed by atoms with Gasteiger partial charge in [-0.25, -0.2) is 0 Å². The quantitative estimate of drug-likeness (QED) is 0.0261. The summed E-state index contributed by atoms with van der Waals surface area (Å²) >= 11 is 0. The normalized spacial score (nSPS) is 12.7. The smallest absolute Gasteiger partial charge is 0.306 e. The molecule has 0 aromatic rings. The zero-order chi connectivity index (χ0) is 59.9. The summed E-state index contributed by atoms with van der Waals surface area (Å²) in [4.78, 5) is 38.5. The van der Waals surface area contributed by atoms with Crippen LogP contribution in [0.15, 0.2) is 97.2 Å². The first-order valence-corrected chi connectivity index (χ1v) is 35.7. The molecular formula is C77H134O6. The van der Waals surface area contributed by atoms with Crippen molar-refractivity contribution in [1.29, 1.82) is 0 Å². The Balaban J connectivity index is 4.33. The summed E-state index contributed by atoms with van der Waals surface area (Å²) in [6, 6.07) is 0. The molecule has 0 rings (SSSR count). The highest BCUT2D eigenvalue weighted by Gasteiger charge is 2.19. The molecule has 6 heteroatoms. The molecule has 0 saturated carbocycles. The van der Waals surface area contributed by atoms with E-state index >= 15 is 0 Å². The molecule has 0 aliphatic carbocycles. The zero-order valence-electron chi connectivity index (χ0n) is 54.9.